The van der Waals surface area contributed by atoms with Crippen LogP contribution in [0.2, 0.25) is 0 Å². The van der Waals surface area contributed by atoms with Crippen LogP contribution in [0, 0.1) is 17.1 Å². The van der Waals surface area contributed by atoms with Crippen molar-refractivity contribution < 1.29 is 9.13 Å². The highest BCUT2D eigenvalue weighted by atomic mass is 19.1. The highest BCUT2D eigenvalue weighted by Crippen LogP contribution is 2.27. The summed E-state index contributed by atoms with van der Waals surface area (Å²) in [5.74, 6) is 0.528. The van der Waals surface area contributed by atoms with Gasteiger partial charge in [-0.3, -0.25) is 0 Å². The van der Waals surface area contributed by atoms with Crippen LogP contribution in [0.1, 0.15) is 17.5 Å². The third kappa shape index (κ3) is 3.20. The number of hydrogen-bond donors (Lipinski definition) is 0. The van der Waals surface area contributed by atoms with E-state index in [9.17, 15) is 4.39 Å². The first-order chi connectivity index (χ1) is 10.8. The summed E-state index contributed by atoms with van der Waals surface area (Å²) in [4.78, 5) is 2.23. The Hall–Kier alpha value is -2.54. The highest BCUT2D eigenvalue weighted by molar-refractivity contribution is 5.55. The average molecular weight is 296 g/mol. The number of nitriles is 1. The van der Waals surface area contributed by atoms with E-state index in [0.29, 0.717) is 17.9 Å². The molecule has 1 heterocycles. The van der Waals surface area contributed by atoms with Crippen molar-refractivity contribution in [3.8, 4) is 11.8 Å². The summed E-state index contributed by atoms with van der Waals surface area (Å²) < 4.78 is 19.0. The summed E-state index contributed by atoms with van der Waals surface area (Å²) in [6.45, 7) is 2.24. The van der Waals surface area contributed by atoms with Crippen molar-refractivity contribution in [1.29, 1.82) is 5.26 Å². The molecule has 2 aromatic rings. The van der Waals surface area contributed by atoms with Gasteiger partial charge in [0.1, 0.15) is 18.2 Å². The third-order valence-electron chi connectivity index (χ3n) is 3.85. The predicted octanol–water partition coefficient (Wildman–Crippen LogP) is 3.53. The third-order valence-corrected chi connectivity index (χ3v) is 3.85. The van der Waals surface area contributed by atoms with Crippen LogP contribution >= 0.6 is 0 Å². The lowest BCUT2D eigenvalue weighted by Crippen LogP contribution is -2.33. The minimum absolute atomic E-state index is 0.176. The zero-order chi connectivity index (χ0) is 15.4. The summed E-state index contributed by atoms with van der Waals surface area (Å²) in [7, 11) is 0. The minimum atomic E-state index is -0.176. The number of halogens is 1. The van der Waals surface area contributed by atoms with Gasteiger partial charge in [0.25, 0.3) is 0 Å². The zero-order valence-corrected chi connectivity index (χ0v) is 12.3. The van der Waals surface area contributed by atoms with Gasteiger partial charge >= 0.3 is 0 Å². The lowest BCUT2D eigenvalue weighted by Gasteiger charge is -2.31. The summed E-state index contributed by atoms with van der Waals surface area (Å²) in [6, 6.07) is 14.2. The Balaban J connectivity index is 1.62. The van der Waals surface area contributed by atoms with Crippen molar-refractivity contribution in [3.05, 3.63) is 59.4 Å². The second-order valence-electron chi connectivity index (χ2n) is 5.35. The van der Waals surface area contributed by atoms with E-state index in [1.54, 1.807) is 18.2 Å². The molecule has 0 spiro atoms. The van der Waals surface area contributed by atoms with Gasteiger partial charge in [0.05, 0.1) is 18.2 Å². The Kier molecular flexibility index (Phi) is 4.24. The summed E-state index contributed by atoms with van der Waals surface area (Å²) in [5.41, 5.74) is 2.76. The van der Waals surface area contributed by atoms with E-state index in [-0.39, 0.29) is 5.82 Å². The van der Waals surface area contributed by atoms with Crippen LogP contribution in [0.15, 0.2) is 42.5 Å². The van der Waals surface area contributed by atoms with E-state index in [2.05, 4.69) is 11.0 Å². The number of hydrogen-bond acceptors (Lipinski definition) is 3. The fourth-order valence-corrected chi connectivity index (χ4v) is 2.81. The van der Waals surface area contributed by atoms with Gasteiger partial charge in [0.15, 0.2) is 0 Å². The number of anilines is 1. The minimum Gasteiger partial charge on any atom is -0.492 e. The summed E-state index contributed by atoms with van der Waals surface area (Å²) >= 11 is 0. The molecule has 0 saturated heterocycles. The van der Waals surface area contributed by atoms with Crippen LogP contribution in [-0.2, 0) is 6.42 Å². The smallest absolute Gasteiger partial charge is 0.123 e. The van der Waals surface area contributed by atoms with Crippen LogP contribution in [0.25, 0.3) is 0 Å². The molecule has 22 heavy (non-hydrogen) atoms. The van der Waals surface area contributed by atoms with Gasteiger partial charge in [-0.2, -0.15) is 5.26 Å². The van der Waals surface area contributed by atoms with Crippen LogP contribution < -0.4 is 9.64 Å². The molecule has 1 aliphatic heterocycles. The second kappa shape index (κ2) is 6.48. The molecule has 3 rings (SSSR count). The normalized spacial score (nSPS) is 13.4. The molecule has 2 aromatic carbocycles. The van der Waals surface area contributed by atoms with Crippen LogP contribution in [-0.4, -0.2) is 19.7 Å². The second-order valence-corrected chi connectivity index (χ2v) is 5.35. The Morgan fingerprint density at radius 1 is 1.23 bits per heavy atom. The molecule has 0 fully saturated rings. The van der Waals surface area contributed by atoms with E-state index in [4.69, 9.17) is 10.00 Å². The van der Waals surface area contributed by atoms with E-state index in [1.165, 1.54) is 6.07 Å². The Morgan fingerprint density at radius 3 is 3.00 bits per heavy atom. The van der Waals surface area contributed by atoms with E-state index in [1.807, 2.05) is 18.2 Å². The number of aryl methyl sites for hydroxylation is 1. The Morgan fingerprint density at radius 2 is 2.14 bits per heavy atom. The molecule has 0 amide bonds. The molecule has 0 N–H and O–H groups in total. The Labute approximate surface area is 129 Å². The first-order valence-corrected chi connectivity index (χ1v) is 7.42. The summed E-state index contributed by atoms with van der Waals surface area (Å²) in [5, 5.41) is 8.88. The predicted molar refractivity (Wildman–Crippen MR) is 83.6 cm³/mol. The molecule has 0 bridgehead atoms. The fraction of sp³-hybridized carbons (Fsp3) is 0.278. The standard InChI is InChI=1S/C18H17FN2O/c19-16-6-7-18-15(12-16)4-2-8-21(18)9-10-22-17-5-1-3-14(11-17)13-20/h1,3,5-7,11-12H,2,4,8-10H2. The zero-order valence-electron chi connectivity index (χ0n) is 12.3. The first-order valence-electron chi connectivity index (χ1n) is 7.42. The maximum atomic E-state index is 13.3. The molecule has 4 heteroatoms. The Bertz CT molecular complexity index is 708. The van der Waals surface area contributed by atoms with E-state index in [0.717, 1.165) is 37.2 Å². The molecule has 0 aromatic heterocycles. The summed E-state index contributed by atoms with van der Waals surface area (Å²) in [6.07, 6.45) is 1.95. The van der Waals surface area contributed by atoms with Gasteiger partial charge in [-0.15, -0.1) is 0 Å². The fourth-order valence-electron chi connectivity index (χ4n) is 2.81. The monoisotopic (exact) mass is 296 g/mol. The largest absolute Gasteiger partial charge is 0.492 e. The molecule has 0 radical (unpaired) electrons. The maximum absolute atomic E-state index is 13.3. The van der Waals surface area contributed by atoms with Gasteiger partial charge in [-0.25, -0.2) is 4.39 Å². The molecular formula is C18H17FN2O. The molecule has 0 atom stereocenters. The molecule has 3 nitrogen and oxygen atoms in total. The molecule has 0 unspecified atom stereocenters. The number of nitrogens with zero attached hydrogens (tertiary/aromatic N) is 2. The van der Waals surface area contributed by atoms with E-state index < -0.39 is 0 Å². The van der Waals surface area contributed by atoms with Crippen molar-refractivity contribution in [1.82, 2.24) is 0 Å². The number of rotatable bonds is 4. The van der Waals surface area contributed by atoms with Crippen LogP contribution in [0.4, 0.5) is 10.1 Å². The van der Waals surface area contributed by atoms with Crippen molar-refractivity contribution in [3.63, 3.8) is 0 Å². The number of ether oxygens (including phenoxy) is 1. The van der Waals surface area contributed by atoms with Crippen molar-refractivity contribution in [2.45, 2.75) is 12.8 Å². The van der Waals surface area contributed by atoms with Gasteiger partial charge in [0, 0.05) is 12.2 Å². The van der Waals surface area contributed by atoms with Gasteiger partial charge in [0.2, 0.25) is 0 Å². The number of fused-ring (bicyclic) bond motifs is 1. The van der Waals surface area contributed by atoms with Gasteiger partial charge < -0.3 is 9.64 Å². The van der Waals surface area contributed by atoms with Crippen LogP contribution in [0.3, 0.4) is 0 Å². The molecular weight excluding hydrogens is 279 g/mol. The number of benzene rings is 2. The van der Waals surface area contributed by atoms with Crippen molar-refractivity contribution >= 4 is 5.69 Å². The topological polar surface area (TPSA) is 36.3 Å². The van der Waals surface area contributed by atoms with Gasteiger partial charge in [-0.05, 0) is 54.8 Å². The van der Waals surface area contributed by atoms with Gasteiger partial charge in [-0.1, -0.05) is 6.07 Å². The quantitative estimate of drug-likeness (QED) is 0.866. The SMILES string of the molecule is N#Cc1cccc(OCCN2CCCc3cc(F)ccc32)c1. The lowest BCUT2D eigenvalue weighted by molar-refractivity contribution is 0.322. The molecule has 112 valence electrons. The molecule has 0 aliphatic carbocycles. The molecule has 1 aliphatic rings. The molecule has 0 saturated carbocycles. The van der Waals surface area contributed by atoms with E-state index >= 15 is 0 Å². The first kappa shape index (κ1) is 14.4. The van der Waals surface area contributed by atoms with Crippen molar-refractivity contribution in [2.24, 2.45) is 0 Å². The van der Waals surface area contributed by atoms with Crippen LogP contribution in [0.5, 0.6) is 5.75 Å². The average Bonchev–Trinajstić information content (AvgIpc) is 2.55. The lowest BCUT2D eigenvalue weighted by atomic mass is 10.0. The van der Waals surface area contributed by atoms with Crippen molar-refractivity contribution in [2.75, 3.05) is 24.6 Å². The maximum Gasteiger partial charge on any atom is 0.123 e. The highest BCUT2D eigenvalue weighted by Gasteiger charge is 2.17.